The SMILES string of the molecule is C#CCCCNc1nc(OC)ncc1Cl. The van der Waals surface area contributed by atoms with Crippen molar-refractivity contribution in [3.05, 3.63) is 11.2 Å². The van der Waals surface area contributed by atoms with Gasteiger partial charge in [0.2, 0.25) is 0 Å². The van der Waals surface area contributed by atoms with E-state index in [0.717, 1.165) is 19.4 Å². The summed E-state index contributed by atoms with van der Waals surface area (Å²) in [6.07, 6.45) is 8.23. The number of nitrogens with zero attached hydrogens (tertiary/aromatic N) is 2. The molecular weight excluding hydrogens is 214 g/mol. The summed E-state index contributed by atoms with van der Waals surface area (Å²) in [5.74, 6) is 3.13. The van der Waals surface area contributed by atoms with Crippen molar-refractivity contribution >= 4 is 17.4 Å². The minimum absolute atomic E-state index is 0.291. The van der Waals surface area contributed by atoms with Gasteiger partial charge in [0.05, 0.1) is 13.3 Å². The summed E-state index contributed by atoms with van der Waals surface area (Å²) in [7, 11) is 1.51. The van der Waals surface area contributed by atoms with Crippen molar-refractivity contribution in [2.75, 3.05) is 19.0 Å². The molecule has 0 amide bonds. The second-order valence-corrected chi connectivity index (χ2v) is 3.19. The van der Waals surface area contributed by atoms with Crippen molar-refractivity contribution in [1.29, 1.82) is 0 Å². The Labute approximate surface area is 94.0 Å². The summed E-state index contributed by atoms with van der Waals surface area (Å²) < 4.78 is 4.88. The van der Waals surface area contributed by atoms with Gasteiger partial charge in [-0.25, -0.2) is 4.98 Å². The molecule has 0 unspecified atom stereocenters. The number of halogens is 1. The van der Waals surface area contributed by atoms with E-state index in [4.69, 9.17) is 22.8 Å². The molecular formula is C10H12ClN3O. The fourth-order valence-electron chi connectivity index (χ4n) is 0.971. The van der Waals surface area contributed by atoms with Gasteiger partial charge in [-0.1, -0.05) is 11.6 Å². The quantitative estimate of drug-likeness (QED) is 0.615. The smallest absolute Gasteiger partial charge is 0.318 e. The van der Waals surface area contributed by atoms with E-state index in [0.29, 0.717) is 16.9 Å². The van der Waals surface area contributed by atoms with Crippen molar-refractivity contribution in [3.8, 4) is 18.4 Å². The molecule has 0 bridgehead atoms. The van der Waals surface area contributed by atoms with Crippen LogP contribution in [-0.2, 0) is 0 Å². The number of hydrogen-bond acceptors (Lipinski definition) is 4. The zero-order valence-electron chi connectivity index (χ0n) is 8.46. The first-order valence-electron chi connectivity index (χ1n) is 4.51. The number of anilines is 1. The third-order valence-electron chi connectivity index (χ3n) is 1.69. The second kappa shape index (κ2) is 6.10. The third kappa shape index (κ3) is 3.64. The van der Waals surface area contributed by atoms with E-state index in [-0.39, 0.29) is 0 Å². The Morgan fingerprint density at radius 1 is 1.67 bits per heavy atom. The molecule has 0 atom stereocenters. The number of nitrogens with one attached hydrogen (secondary N) is 1. The Morgan fingerprint density at radius 2 is 2.47 bits per heavy atom. The zero-order chi connectivity index (χ0) is 11.1. The number of unbranched alkanes of at least 4 members (excludes halogenated alkanes) is 1. The Kier molecular flexibility index (Phi) is 4.72. The fourth-order valence-corrected chi connectivity index (χ4v) is 1.13. The van der Waals surface area contributed by atoms with Gasteiger partial charge >= 0.3 is 6.01 Å². The fraction of sp³-hybridized carbons (Fsp3) is 0.400. The third-order valence-corrected chi connectivity index (χ3v) is 1.97. The lowest BCUT2D eigenvalue weighted by molar-refractivity contribution is 0.380. The van der Waals surface area contributed by atoms with Gasteiger partial charge < -0.3 is 10.1 Å². The number of methoxy groups -OCH3 is 1. The second-order valence-electron chi connectivity index (χ2n) is 2.79. The molecule has 0 radical (unpaired) electrons. The lowest BCUT2D eigenvalue weighted by Gasteiger charge is -2.06. The topological polar surface area (TPSA) is 47.0 Å². The van der Waals surface area contributed by atoms with Gasteiger partial charge in [0.1, 0.15) is 5.02 Å². The first-order chi connectivity index (χ1) is 7.27. The molecule has 0 aliphatic heterocycles. The van der Waals surface area contributed by atoms with Gasteiger partial charge in [-0.05, 0) is 6.42 Å². The summed E-state index contributed by atoms with van der Waals surface area (Å²) in [6.45, 7) is 0.726. The van der Waals surface area contributed by atoms with Crippen LogP contribution in [-0.4, -0.2) is 23.6 Å². The van der Waals surface area contributed by atoms with Crippen LogP contribution in [0, 0.1) is 12.3 Å². The monoisotopic (exact) mass is 225 g/mol. The first kappa shape index (κ1) is 11.6. The van der Waals surface area contributed by atoms with Crippen molar-refractivity contribution in [2.24, 2.45) is 0 Å². The van der Waals surface area contributed by atoms with Crippen LogP contribution in [0.1, 0.15) is 12.8 Å². The predicted molar refractivity (Wildman–Crippen MR) is 60.2 cm³/mol. The van der Waals surface area contributed by atoms with Crippen LogP contribution in [0.2, 0.25) is 5.02 Å². The average Bonchev–Trinajstić information content (AvgIpc) is 2.26. The Bertz CT molecular complexity index is 362. The van der Waals surface area contributed by atoms with E-state index >= 15 is 0 Å². The van der Waals surface area contributed by atoms with E-state index in [2.05, 4.69) is 21.2 Å². The van der Waals surface area contributed by atoms with E-state index < -0.39 is 0 Å². The van der Waals surface area contributed by atoms with Gasteiger partial charge in [0.15, 0.2) is 5.82 Å². The van der Waals surface area contributed by atoms with Crippen LogP contribution < -0.4 is 10.1 Å². The molecule has 4 nitrogen and oxygen atoms in total. The van der Waals surface area contributed by atoms with Crippen molar-refractivity contribution in [3.63, 3.8) is 0 Å². The number of ether oxygens (including phenoxy) is 1. The predicted octanol–water partition coefficient (Wildman–Crippen LogP) is 1.96. The standard InChI is InChI=1S/C10H12ClN3O/c1-3-4-5-6-12-9-8(11)7-13-10(14-9)15-2/h1,7H,4-6H2,2H3,(H,12,13,14). The van der Waals surface area contributed by atoms with Crippen LogP contribution in [0.3, 0.4) is 0 Å². The van der Waals surface area contributed by atoms with Crippen LogP contribution in [0.15, 0.2) is 6.20 Å². The highest BCUT2D eigenvalue weighted by Crippen LogP contribution is 2.19. The largest absolute Gasteiger partial charge is 0.467 e. The maximum atomic E-state index is 5.88. The van der Waals surface area contributed by atoms with Crippen molar-refractivity contribution < 1.29 is 4.74 Å². The molecule has 1 heterocycles. The zero-order valence-corrected chi connectivity index (χ0v) is 9.21. The highest BCUT2D eigenvalue weighted by Gasteiger charge is 2.04. The number of terminal acetylenes is 1. The Morgan fingerprint density at radius 3 is 3.13 bits per heavy atom. The molecule has 1 N–H and O–H groups in total. The van der Waals surface area contributed by atoms with E-state index in [1.807, 2.05) is 0 Å². The summed E-state index contributed by atoms with van der Waals surface area (Å²) in [6, 6.07) is 0.291. The lowest BCUT2D eigenvalue weighted by atomic mass is 10.3. The van der Waals surface area contributed by atoms with Gasteiger partial charge in [-0.2, -0.15) is 4.98 Å². The van der Waals surface area contributed by atoms with Gasteiger partial charge in [0, 0.05) is 13.0 Å². The molecule has 0 saturated heterocycles. The Hall–Kier alpha value is -1.47. The summed E-state index contributed by atoms with van der Waals surface area (Å²) in [5, 5.41) is 3.53. The highest BCUT2D eigenvalue weighted by atomic mass is 35.5. The number of aromatic nitrogens is 2. The van der Waals surface area contributed by atoms with Gasteiger partial charge in [-0.3, -0.25) is 0 Å². The molecule has 1 aromatic heterocycles. The average molecular weight is 226 g/mol. The first-order valence-corrected chi connectivity index (χ1v) is 4.89. The number of rotatable bonds is 5. The molecule has 0 spiro atoms. The lowest BCUT2D eigenvalue weighted by Crippen LogP contribution is -2.05. The van der Waals surface area contributed by atoms with Crippen LogP contribution >= 0.6 is 11.6 Å². The van der Waals surface area contributed by atoms with Crippen LogP contribution in [0.4, 0.5) is 5.82 Å². The van der Waals surface area contributed by atoms with Gasteiger partial charge in [0.25, 0.3) is 0 Å². The number of hydrogen-bond donors (Lipinski definition) is 1. The molecule has 0 saturated carbocycles. The van der Waals surface area contributed by atoms with Crippen LogP contribution in [0.5, 0.6) is 6.01 Å². The summed E-state index contributed by atoms with van der Waals surface area (Å²) in [5.41, 5.74) is 0. The molecule has 0 fully saturated rings. The van der Waals surface area contributed by atoms with E-state index in [1.165, 1.54) is 13.3 Å². The highest BCUT2D eigenvalue weighted by molar-refractivity contribution is 6.32. The molecule has 5 heteroatoms. The Balaban J connectivity index is 2.56. The molecule has 0 aliphatic carbocycles. The molecule has 0 aromatic carbocycles. The van der Waals surface area contributed by atoms with E-state index in [9.17, 15) is 0 Å². The maximum absolute atomic E-state index is 5.88. The summed E-state index contributed by atoms with van der Waals surface area (Å²) >= 11 is 5.88. The normalized spacial score (nSPS) is 9.40. The minimum Gasteiger partial charge on any atom is -0.467 e. The molecule has 1 rings (SSSR count). The van der Waals surface area contributed by atoms with E-state index in [1.54, 1.807) is 0 Å². The minimum atomic E-state index is 0.291. The molecule has 15 heavy (non-hydrogen) atoms. The molecule has 80 valence electrons. The maximum Gasteiger partial charge on any atom is 0.318 e. The summed E-state index contributed by atoms with van der Waals surface area (Å²) in [4.78, 5) is 7.92. The van der Waals surface area contributed by atoms with Crippen molar-refractivity contribution in [2.45, 2.75) is 12.8 Å². The molecule has 1 aromatic rings. The van der Waals surface area contributed by atoms with Crippen molar-refractivity contribution in [1.82, 2.24) is 9.97 Å². The molecule has 0 aliphatic rings. The van der Waals surface area contributed by atoms with Gasteiger partial charge in [-0.15, -0.1) is 12.3 Å². The van der Waals surface area contributed by atoms with Crippen LogP contribution in [0.25, 0.3) is 0 Å².